The normalized spacial score (nSPS) is 14.4. The van der Waals surface area contributed by atoms with Crippen molar-refractivity contribution >= 4 is 9.84 Å². The fourth-order valence-electron chi connectivity index (χ4n) is 1.74. The van der Waals surface area contributed by atoms with Crippen molar-refractivity contribution in [3.8, 4) is 0 Å². The Balaban J connectivity index is 2.92. The van der Waals surface area contributed by atoms with Crippen LogP contribution in [0.5, 0.6) is 0 Å². The number of aliphatic hydroxyl groups is 1. The SMILES string of the molecule is CCCC[C@H](O)/C(C)=C\S(=O)(=O)c1ccc(C)cc1. The van der Waals surface area contributed by atoms with Crippen molar-refractivity contribution in [3.63, 3.8) is 0 Å². The predicted octanol–water partition coefficient (Wildman–Crippen LogP) is 3.22. The van der Waals surface area contributed by atoms with Crippen LogP contribution in [0.4, 0.5) is 0 Å². The van der Waals surface area contributed by atoms with Gasteiger partial charge in [0.1, 0.15) is 0 Å². The second kappa shape index (κ2) is 6.87. The minimum absolute atomic E-state index is 0.264. The molecule has 0 radical (unpaired) electrons. The molecule has 1 N–H and O–H groups in total. The first-order valence-corrected chi connectivity index (χ1v) is 8.09. The number of aryl methyl sites for hydroxylation is 1. The van der Waals surface area contributed by atoms with Crippen molar-refractivity contribution in [3.05, 3.63) is 40.8 Å². The second-order valence-corrected chi connectivity index (χ2v) is 6.68. The number of aliphatic hydroxyl groups excluding tert-OH is 1. The summed E-state index contributed by atoms with van der Waals surface area (Å²) in [7, 11) is -3.47. The van der Waals surface area contributed by atoms with E-state index in [9.17, 15) is 13.5 Å². The summed E-state index contributed by atoms with van der Waals surface area (Å²) in [5.74, 6) is 0. The molecule has 4 heteroatoms. The summed E-state index contributed by atoms with van der Waals surface area (Å²) in [5, 5.41) is 11.0. The van der Waals surface area contributed by atoms with E-state index >= 15 is 0 Å². The molecule has 1 rings (SSSR count). The maximum absolute atomic E-state index is 12.1. The number of hydrogen-bond acceptors (Lipinski definition) is 3. The van der Waals surface area contributed by atoms with Crippen LogP contribution in [0.1, 0.15) is 38.7 Å². The number of hydrogen-bond donors (Lipinski definition) is 1. The Bertz CT molecular complexity index is 527. The highest BCUT2D eigenvalue weighted by Crippen LogP contribution is 2.17. The third-order valence-corrected chi connectivity index (χ3v) is 4.66. The lowest BCUT2D eigenvalue weighted by molar-refractivity contribution is 0.197. The van der Waals surface area contributed by atoms with Crippen LogP contribution in [-0.2, 0) is 9.84 Å². The average molecular weight is 282 g/mol. The summed E-state index contributed by atoms with van der Waals surface area (Å²) in [6.45, 7) is 5.60. The Kier molecular flexibility index (Phi) is 5.76. The van der Waals surface area contributed by atoms with Gasteiger partial charge >= 0.3 is 0 Å². The third-order valence-electron chi connectivity index (χ3n) is 3.05. The molecule has 0 bridgehead atoms. The van der Waals surface area contributed by atoms with Gasteiger partial charge in [0.05, 0.1) is 11.0 Å². The van der Waals surface area contributed by atoms with Crippen molar-refractivity contribution in [2.45, 2.75) is 51.0 Å². The van der Waals surface area contributed by atoms with Crippen LogP contribution in [0.25, 0.3) is 0 Å². The van der Waals surface area contributed by atoms with E-state index in [-0.39, 0.29) is 4.90 Å². The molecule has 0 spiro atoms. The lowest BCUT2D eigenvalue weighted by Crippen LogP contribution is -2.10. The van der Waals surface area contributed by atoms with Crippen molar-refractivity contribution in [2.75, 3.05) is 0 Å². The predicted molar refractivity (Wildman–Crippen MR) is 77.7 cm³/mol. The van der Waals surface area contributed by atoms with Crippen LogP contribution < -0.4 is 0 Å². The first kappa shape index (κ1) is 15.9. The Morgan fingerprint density at radius 3 is 2.42 bits per heavy atom. The number of rotatable bonds is 6. The highest BCUT2D eigenvalue weighted by molar-refractivity contribution is 7.94. The summed E-state index contributed by atoms with van der Waals surface area (Å²) < 4.78 is 24.3. The molecule has 0 saturated heterocycles. The van der Waals surface area contributed by atoms with Gasteiger partial charge < -0.3 is 5.11 Å². The molecule has 1 aromatic rings. The van der Waals surface area contributed by atoms with Crippen LogP contribution in [0, 0.1) is 6.92 Å². The van der Waals surface area contributed by atoms with E-state index < -0.39 is 15.9 Å². The van der Waals surface area contributed by atoms with Crippen LogP contribution in [0.3, 0.4) is 0 Å². The van der Waals surface area contributed by atoms with E-state index in [0.29, 0.717) is 12.0 Å². The molecule has 0 amide bonds. The standard InChI is InChI=1S/C15H22O3S/c1-4-5-6-15(16)13(3)11-19(17,18)14-9-7-12(2)8-10-14/h7-11,15-16H,4-6H2,1-3H3/b13-11-/t15-/m0/s1. The van der Waals surface area contributed by atoms with E-state index in [1.165, 1.54) is 5.41 Å². The van der Waals surface area contributed by atoms with Gasteiger partial charge in [-0.25, -0.2) is 8.42 Å². The molecule has 1 aromatic carbocycles. The smallest absolute Gasteiger partial charge is 0.199 e. The Labute approximate surface area is 115 Å². The largest absolute Gasteiger partial charge is 0.389 e. The van der Waals surface area contributed by atoms with Crippen molar-refractivity contribution < 1.29 is 13.5 Å². The van der Waals surface area contributed by atoms with Gasteiger partial charge in [-0.2, -0.15) is 0 Å². The molecule has 1 atom stereocenters. The third kappa shape index (κ3) is 4.80. The molecule has 19 heavy (non-hydrogen) atoms. The quantitative estimate of drug-likeness (QED) is 0.871. The topological polar surface area (TPSA) is 54.4 Å². The van der Waals surface area contributed by atoms with Crippen molar-refractivity contribution in [2.24, 2.45) is 0 Å². The summed E-state index contributed by atoms with van der Waals surface area (Å²) in [6, 6.07) is 6.72. The summed E-state index contributed by atoms with van der Waals surface area (Å²) in [5.41, 5.74) is 1.51. The maximum atomic E-state index is 12.1. The van der Waals surface area contributed by atoms with E-state index in [4.69, 9.17) is 0 Å². The first-order chi connectivity index (χ1) is 8.86. The van der Waals surface area contributed by atoms with Gasteiger partial charge in [0.2, 0.25) is 0 Å². The molecule has 0 aliphatic heterocycles. The Morgan fingerprint density at radius 2 is 1.89 bits per heavy atom. The van der Waals surface area contributed by atoms with Crippen LogP contribution in [0.15, 0.2) is 40.1 Å². The maximum Gasteiger partial charge on any atom is 0.199 e. The average Bonchev–Trinajstić information content (AvgIpc) is 2.35. The highest BCUT2D eigenvalue weighted by atomic mass is 32.2. The van der Waals surface area contributed by atoms with Gasteiger partial charge in [0.25, 0.3) is 0 Å². The van der Waals surface area contributed by atoms with Crippen LogP contribution in [-0.4, -0.2) is 19.6 Å². The molecule has 3 nitrogen and oxygen atoms in total. The Morgan fingerprint density at radius 1 is 1.32 bits per heavy atom. The molecule has 0 fully saturated rings. The number of unbranched alkanes of at least 4 members (excludes halogenated alkanes) is 1. The molecule has 0 aliphatic carbocycles. The fourth-order valence-corrected chi connectivity index (χ4v) is 3.04. The van der Waals surface area contributed by atoms with Crippen molar-refractivity contribution in [1.82, 2.24) is 0 Å². The minimum atomic E-state index is -3.47. The molecule has 0 aromatic heterocycles. The minimum Gasteiger partial charge on any atom is -0.389 e. The molecule has 0 unspecified atom stereocenters. The molecule has 0 heterocycles. The zero-order chi connectivity index (χ0) is 14.5. The number of sulfone groups is 1. The van der Waals surface area contributed by atoms with Gasteiger partial charge in [-0.05, 0) is 38.0 Å². The zero-order valence-corrected chi connectivity index (χ0v) is 12.6. The first-order valence-electron chi connectivity index (χ1n) is 6.55. The summed E-state index contributed by atoms with van der Waals surface area (Å²) in [4.78, 5) is 0.264. The van der Waals surface area contributed by atoms with E-state index in [1.807, 2.05) is 13.8 Å². The lowest BCUT2D eigenvalue weighted by Gasteiger charge is -2.10. The van der Waals surface area contributed by atoms with Gasteiger partial charge in [0, 0.05) is 5.41 Å². The van der Waals surface area contributed by atoms with E-state index in [2.05, 4.69) is 0 Å². The van der Waals surface area contributed by atoms with Crippen molar-refractivity contribution in [1.29, 1.82) is 0 Å². The highest BCUT2D eigenvalue weighted by Gasteiger charge is 2.14. The second-order valence-electron chi connectivity index (χ2n) is 4.88. The lowest BCUT2D eigenvalue weighted by atomic mass is 10.1. The van der Waals surface area contributed by atoms with Gasteiger partial charge in [-0.15, -0.1) is 0 Å². The zero-order valence-electron chi connectivity index (χ0n) is 11.8. The van der Waals surface area contributed by atoms with Gasteiger partial charge in [0.15, 0.2) is 9.84 Å². The van der Waals surface area contributed by atoms with Gasteiger partial charge in [-0.3, -0.25) is 0 Å². The molecule has 106 valence electrons. The summed E-state index contributed by atoms with van der Waals surface area (Å²) >= 11 is 0. The van der Waals surface area contributed by atoms with E-state index in [1.54, 1.807) is 31.2 Å². The molecular weight excluding hydrogens is 260 g/mol. The fraction of sp³-hybridized carbons (Fsp3) is 0.467. The van der Waals surface area contributed by atoms with E-state index in [0.717, 1.165) is 18.4 Å². The summed E-state index contributed by atoms with van der Waals surface area (Å²) in [6.07, 6.45) is 1.79. The van der Waals surface area contributed by atoms with Crippen LogP contribution >= 0.6 is 0 Å². The molecule has 0 saturated carbocycles. The monoisotopic (exact) mass is 282 g/mol. The Hall–Kier alpha value is -1.13. The molecule has 0 aliphatic rings. The number of benzene rings is 1. The van der Waals surface area contributed by atoms with Crippen LogP contribution in [0.2, 0.25) is 0 Å². The molecular formula is C15H22O3S. The van der Waals surface area contributed by atoms with Gasteiger partial charge in [-0.1, -0.05) is 37.5 Å².